The third-order valence-electron chi connectivity index (χ3n) is 2.51. The van der Waals surface area contributed by atoms with Gasteiger partial charge in [-0.1, -0.05) is 0 Å². The minimum Gasteiger partial charge on any atom is -0.478 e. The van der Waals surface area contributed by atoms with Crippen molar-refractivity contribution < 1.29 is 14.7 Å². The van der Waals surface area contributed by atoms with E-state index in [0.29, 0.717) is 10.6 Å². The summed E-state index contributed by atoms with van der Waals surface area (Å²) in [4.78, 5) is 24.3. The van der Waals surface area contributed by atoms with Crippen molar-refractivity contribution in [2.45, 2.75) is 6.92 Å². The van der Waals surface area contributed by atoms with Gasteiger partial charge in [0.2, 0.25) is 0 Å². The number of aryl methyl sites for hydroxylation is 1. The van der Waals surface area contributed by atoms with Gasteiger partial charge in [-0.25, -0.2) is 4.79 Å². The molecular weight excluding hydrogens is 264 g/mol. The Bertz CT molecular complexity index is 649. The number of rotatable bonds is 3. The maximum Gasteiger partial charge on any atom is 0.335 e. The van der Waals surface area contributed by atoms with Crippen molar-refractivity contribution in [3.05, 3.63) is 45.6 Å². The standard InChI is InChI=1S/C13H12N2O3S/c1-7-2-5-11(19-7)12(16)15-10-4-3-8(13(17)18)6-9(10)14/h2-6H,14H2,1H3,(H,15,16)(H,17,18). The van der Waals surface area contributed by atoms with Gasteiger partial charge >= 0.3 is 5.97 Å². The van der Waals surface area contributed by atoms with Gasteiger partial charge in [0.05, 0.1) is 21.8 Å². The molecule has 0 bridgehead atoms. The van der Waals surface area contributed by atoms with E-state index in [0.717, 1.165) is 4.88 Å². The van der Waals surface area contributed by atoms with Gasteiger partial charge in [0, 0.05) is 4.88 Å². The first-order valence-electron chi connectivity index (χ1n) is 5.48. The molecule has 1 aromatic carbocycles. The van der Waals surface area contributed by atoms with Gasteiger partial charge < -0.3 is 16.2 Å². The number of benzene rings is 1. The Kier molecular flexibility index (Phi) is 3.52. The van der Waals surface area contributed by atoms with Crippen LogP contribution in [0.3, 0.4) is 0 Å². The second-order valence-electron chi connectivity index (χ2n) is 3.97. The van der Waals surface area contributed by atoms with E-state index in [-0.39, 0.29) is 17.2 Å². The van der Waals surface area contributed by atoms with E-state index in [1.165, 1.54) is 29.5 Å². The van der Waals surface area contributed by atoms with E-state index in [1.807, 2.05) is 13.0 Å². The molecule has 6 heteroatoms. The molecule has 0 aliphatic carbocycles. The summed E-state index contributed by atoms with van der Waals surface area (Å²) < 4.78 is 0. The molecule has 0 radical (unpaired) electrons. The third-order valence-corrected chi connectivity index (χ3v) is 3.51. The van der Waals surface area contributed by atoms with Gasteiger partial charge in [-0.15, -0.1) is 11.3 Å². The largest absolute Gasteiger partial charge is 0.478 e. The molecule has 4 N–H and O–H groups in total. The highest BCUT2D eigenvalue weighted by molar-refractivity contribution is 7.14. The van der Waals surface area contributed by atoms with Crippen LogP contribution in [0, 0.1) is 6.92 Å². The Morgan fingerprint density at radius 3 is 2.53 bits per heavy atom. The predicted octanol–water partition coefficient (Wildman–Crippen LogP) is 2.59. The highest BCUT2D eigenvalue weighted by Crippen LogP contribution is 2.22. The zero-order chi connectivity index (χ0) is 14.0. The maximum absolute atomic E-state index is 11.9. The molecule has 1 aromatic heterocycles. The van der Waals surface area contributed by atoms with Gasteiger partial charge in [0.15, 0.2) is 0 Å². The van der Waals surface area contributed by atoms with Crippen molar-refractivity contribution in [3.63, 3.8) is 0 Å². The van der Waals surface area contributed by atoms with Crippen LogP contribution in [0.15, 0.2) is 30.3 Å². The van der Waals surface area contributed by atoms with Crippen LogP contribution in [0.4, 0.5) is 11.4 Å². The lowest BCUT2D eigenvalue weighted by Crippen LogP contribution is -2.12. The monoisotopic (exact) mass is 276 g/mol. The molecule has 1 amide bonds. The Morgan fingerprint density at radius 2 is 2.00 bits per heavy atom. The number of hydrogen-bond acceptors (Lipinski definition) is 4. The number of nitrogens with one attached hydrogen (secondary N) is 1. The summed E-state index contributed by atoms with van der Waals surface area (Å²) in [5, 5.41) is 11.5. The fourth-order valence-corrected chi connectivity index (χ4v) is 2.31. The molecule has 2 aromatic rings. The molecule has 0 atom stereocenters. The Labute approximate surface area is 113 Å². The van der Waals surface area contributed by atoms with Gasteiger partial charge in [0.1, 0.15) is 0 Å². The average molecular weight is 276 g/mol. The number of thiophene rings is 1. The summed E-state index contributed by atoms with van der Waals surface area (Å²) in [5.41, 5.74) is 6.43. The molecule has 2 rings (SSSR count). The first-order chi connectivity index (χ1) is 8.97. The molecule has 5 nitrogen and oxygen atoms in total. The molecular formula is C13H12N2O3S. The van der Waals surface area contributed by atoms with Gasteiger partial charge in [-0.3, -0.25) is 4.79 Å². The van der Waals surface area contributed by atoms with E-state index >= 15 is 0 Å². The first kappa shape index (κ1) is 13.1. The van der Waals surface area contributed by atoms with Crippen LogP contribution in [0.25, 0.3) is 0 Å². The highest BCUT2D eigenvalue weighted by atomic mass is 32.1. The molecule has 0 saturated carbocycles. The van der Waals surface area contributed by atoms with Crippen LogP contribution >= 0.6 is 11.3 Å². The van der Waals surface area contributed by atoms with Crippen molar-refractivity contribution in [2.75, 3.05) is 11.1 Å². The van der Waals surface area contributed by atoms with Gasteiger partial charge in [-0.2, -0.15) is 0 Å². The molecule has 0 fully saturated rings. The summed E-state index contributed by atoms with van der Waals surface area (Å²) in [6.07, 6.45) is 0. The van der Waals surface area contributed by atoms with Gasteiger partial charge in [-0.05, 0) is 37.3 Å². The number of nitrogen functional groups attached to an aromatic ring is 1. The minimum absolute atomic E-state index is 0.0856. The fourth-order valence-electron chi connectivity index (χ4n) is 1.55. The van der Waals surface area contributed by atoms with E-state index in [1.54, 1.807) is 6.07 Å². The van der Waals surface area contributed by atoms with Crippen molar-refractivity contribution >= 4 is 34.6 Å². The number of carbonyl (C=O) groups excluding carboxylic acids is 1. The Morgan fingerprint density at radius 1 is 1.26 bits per heavy atom. The van der Waals surface area contributed by atoms with E-state index in [2.05, 4.69) is 5.32 Å². The highest BCUT2D eigenvalue weighted by Gasteiger charge is 2.11. The number of carbonyl (C=O) groups is 2. The zero-order valence-electron chi connectivity index (χ0n) is 10.1. The lowest BCUT2D eigenvalue weighted by molar-refractivity contribution is 0.0697. The SMILES string of the molecule is Cc1ccc(C(=O)Nc2ccc(C(=O)O)cc2N)s1. The van der Waals surface area contributed by atoms with Crippen molar-refractivity contribution in [1.82, 2.24) is 0 Å². The van der Waals surface area contributed by atoms with Crippen molar-refractivity contribution in [2.24, 2.45) is 0 Å². The summed E-state index contributed by atoms with van der Waals surface area (Å²) in [6, 6.07) is 7.79. The normalized spacial score (nSPS) is 10.2. The Hall–Kier alpha value is -2.34. The number of aromatic carboxylic acids is 1. The molecule has 98 valence electrons. The summed E-state index contributed by atoms with van der Waals surface area (Å²) >= 11 is 1.38. The smallest absolute Gasteiger partial charge is 0.335 e. The van der Waals surface area contributed by atoms with Crippen LogP contribution in [0.1, 0.15) is 24.9 Å². The molecule has 0 aliphatic heterocycles. The molecule has 19 heavy (non-hydrogen) atoms. The van der Waals surface area contributed by atoms with Crippen LogP contribution in [0.5, 0.6) is 0 Å². The number of amides is 1. The van der Waals surface area contributed by atoms with E-state index in [4.69, 9.17) is 10.8 Å². The number of carboxylic acid groups (broad SMARTS) is 1. The second-order valence-corrected chi connectivity index (χ2v) is 5.26. The summed E-state index contributed by atoms with van der Waals surface area (Å²) in [7, 11) is 0. The lowest BCUT2D eigenvalue weighted by Gasteiger charge is -2.07. The number of hydrogen-bond donors (Lipinski definition) is 3. The zero-order valence-corrected chi connectivity index (χ0v) is 11.0. The van der Waals surface area contributed by atoms with Crippen LogP contribution in [-0.4, -0.2) is 17.0 Å². The number of nitrogens with two attached hydrogens (primary N) is 1. The maximum atomic E-state index is 11.9. The van der Waals surface area contributed by atoms with Crippen molar-refractivity contribution in [3.8, 4) is 0 Å². The van der Waals surface area contributed by atoms with Crippen LogP contribution < -0.4 is 11.1 Å². The summed E-state index contributed by atoms with van der Waals surface area (Å²) in [5.74, 6) is -1.31. The molecule has 0 unspecified atom stereocenters. The number of carboxylic acids is 1. The summed E-state index contributed by atoms with van der Waals surface area (Å²) in [6.45, 7) is 1.91. The van der Waals surface area contributed by atoms with Crippen molar-refractivity contribution in [1.29, 1.82) is 0 Å². The average Bonchev–Trinajstić information content (AvgIpc) is 2.78. The second kappa shape index (κ2) is 5.11. The van der Waals surface area contributed by atoms with Gasteiger partial charge in [0.25, 0.3) is 5.91 Å². The lowest BCUT2D eigenvalue weighted by atomic mass is 10.1. The molecule has 0 aliphatic rings. The third kappa shape index (κ3) is 2.92. The Balaban J connectivity index is 2.20. The predicted molar refractivity (Wildman–Crippen MR) is 74.8 cm³/mol. The minimum atomic E-state index is -1.06. The van der Waals surface area contributed by atoms with Crippen LogP contribution in [-0.2, 0) is 0 Å². The fraction of sp³-hybridized carbons (Fsp3) is 0.0769. The molecule has 1 heterocycles. The quantitative estimate of drug-likeness (QED) is 0.751. The first-order valence-corrected chi connectivity index (χ1v) is 6.29. The van der Waals surface area contributed by atoms with E-state index in [9.17, 15) is 9.59 Å². The topological polar surface area (TPSA) is 92.4 Å². The number of anilines is 2. The van der Waals surface area contributed by atoms with E-state index < -0.39 is 5.97 Å². The van der Waals surface area contributed by atoms with Crippen LogP contribution in [0.2, 0.25) is 0 Å². The molecule has 0 spiro atoms. The molecule has 0 saturated heterocycles.